The van der Waals surface area contributed by atoms with Crippen molar-refractivity contribution >= 4 is 28.5 Å². The molecule has 7 nitrogen and oxygen atoms in total. The molecule has 0 radical (unpaired) electrons. The van der Waals surface area contributed by atoms with Crippen LogP contribution in [0.5, 0.6) is 0 Å². The van der Waals surface area contributed by atoms with Gasteiger partial charge in [-0.2, -0.15) is 0 Å². The molecule has 2 aromatic heterocycles. The molecule has 0 unspecified atom stereocenters. The molecule has 2 aromatic rings. The van der Waals surface area contributed by atoms with E-state index in [9.17, 15) is 14.4 Å². The number of aromatic nitrogens is 1. The highest BCUT2D eigenvalue weighted by atomic mass is 32.2. The van der Waals surface area contributed by atoms with E-state index < -0.39 is 11.5 Å². The van der Waals surface area contributed by atoms with Crippen LogP contribution in [0.1, 0.15) is 17.3 Å². The quantitative estimate of drug-likeness (QED) is 0.614. The van der Waals surface area contributed by atoms with Crippen molar-refractivity contribution in [3.8, 4) is 0 Å². The Kier molecular flexibility index (Phi) is 5.40. The van der Waals surface area contributed by atoms with Crippen LogP contribution in [0.3, 0.4) is 0 Å². The van der Waals surface area contributed by atoms with E-state index in [1.54, 1.807) is 36.2 Å². The monoisotopic (exact) mass is 362 g/mol. The number of fused-ring (bicyclic) bond motifs is 1. The summed E-state index contributed by atoms with van der Waals surface area (Å²) in [4.78, 5) is 39.2. The van der Waals surface area contributed by atoms with Gasteiger partial charge in [0.15, 0.2) is 0 Å². The fraction of sp³-hybridized carbons (Fsp3) is 0.353. The summed E-state index contributed by atoms with van der Waals surface area (Å²) in [6, 6.07) is 6.56. The van der Waals surface area contributed by atoms with Crippen molar-refractivity contribution < 1.29 is 19.1 Å². The number of rotatable bonds is 3. The zero-order valence-electron chi connectivity index (χ0n) is 13.8. The van der Waals surface area contributed by atoms with Gasteiger partial charge >= 0.3 is 5.97 Å². The molecule has 0 aliphatic carbocycles. The maximum Gasteiger partial charge on any atom is 0.343 e. The summed E-state index contributed by atoms with van der Waals surface area (Å²) in [6.45, 7) is 4.06. The molecule has 8 heteroatoms. The first-order valence-corrected chi connectivity index (χ1v) is 8.79. The average molecular weight is 362 g/mol. The van der Waals surface area contributed by atoms with Gasteiger partial charge in [-0.15, -0.1) is 0 Å². The number of amides is 1. The number of ether oxygens (including phenoxy) is 2. The highest BCUT2D eigenvalue weighted by Gasteiger charge is 2.20. The molecular weight excluding hydrogens is 344 g/mol. The van der Waals surface area contributed by atoms with Crippen LogP contribution < -0.4 is 5.56 Å². The fourth-order valence-corrected chi connectivity index (χ4v) is 3.48. The number of hydrogen-bond acceptors (Lipinski definition) is 6. The molecule has 25 heavy (non-hydrogen) atoms. The van der Waals surface area contributed by atoms with Crippen LogP contribution in [-0.4, -0.2) is 53.4 Å². The second kappa shape index (κ2) is 7.71. The molecule has 1 aliphatic heterocycles. The molecule has 0 aromatic carbocycles. The Balaban J connectivity index is 1.92. The molecule has 1 fully saturated rings. The van der Waals surface area contributed by atoms with Gasteiger partial charge < -0.3 is 14.4 Å². The Bertz CT molecular complexity index is 858. The molecular formula is C17H18N2O5S. The Morgan fingerprint density at radius 2 is 2.00 bits per heavy atom. The first-order valence-electron chi connectivity index (χ1n) is 7.98. The first kappa shape index (κ1) is 17.5. The van der Waals surface area contributed by atoms with E-state index in [4.69, 9.17) is 9.47 Å². The summed E-state index contributed by atoms with van der Waals surface area (Å²) >= 11 is 1.07. The summed E-state index contributed by atoms with van der Waals surface area (Å²) in [5.74, 6) is -0.649. The number of hydrogen-bond donors (Lipinski definition) is 0. The predicted molar refractivity (Wildman–Crippen MR) is 93.3 cm³/mol. The molecule has 0 N–H and O–H groups in total. The number of pyridine rings is 2. The van der Waals surface area contributed by atoms with Crippen LogP contribution in [0.15, 0.2) is 40.2 Å². The van der Waals surface area contributed by atoms with Crippen molar-refractivity contribution in [1.82, 2.24) is 9.30 Å². The lowest BCUT2D eigenvalue weighted by atomic mass is 10.2. The third kappa shape index (κ3) is 3.69. The molecule has 0 bridgehead atoms. The number of morpholine rings is 1. The number of carbonyl (C=O) groups excluding carboxylic acids is 2. The second-order valence-corrected chi connectivity index (χ2v) is 6.36. The highest BCUT2D eigenvalue weighted by Crippen LogP contribution is 2.26. The van der Waals surface area contributed by atoms with Crippen LogP contribution in [0.25, 0.3) is 5.52 Å². The fourth-order valence-electron chi connectivity index (χ4n) is 2.56. The van der Waals surface area contributed by atoms with E-state index in [1.165, 1.54) is 10.5 Å². The van der Waals surface area contributed by atoms with Gasteiger partial charge in [0.05, 0.1) is 25.3 Å². The van der Waals surface area contributed by atoms with E-state index in [0.29, 0.717) is 36.7 Å². The van der Waals surface area contributed by atoms with Crippen molar-refractivity contribution in [1.29, 1.82) is 0 Å². The molecule has 0 atom stereocenters. The van der Waals surface area contributed by atoms with E-state index in [1.807, 2.05) is 0 Å². The largest absolute Gasteiger partial charge is 0.462 e. The average Bonchev–Trinajstić information content (AvgIpc) is 2.63. The molecule has 1 saturated heterocycles. The van der Waals surface area contributed by atoms with E-state index in [-0.39, 0.29) is 17.4 Å². The van der Waals surface area contributed by atoms with Crippen molar-refractivity contribution in [2.75, 3.05) is 32.9 Å². The van der Waals surface area contributed by atoms with Gasteiger partial charge in [0, 0.05) is 24.2 Å². The number of thioether (sulfide) groups is 1. The molecule has 0 spiro atoms. The Labute approximate surface area is 148 Å². The minimum Gasteiger partial charge on any atom is -0.462 e. The van der Waals surface area contributed by atoms with E-state index in [2.05, 4.69) is 0 Å². The van der Waals surface area contributed by atoms with Crippen LogP contribution >= 0.6 is 11.8 Å². The zero-order valence-corrected chi connectivity index (χ0v) is 14.6. The minimum atomic E-state index is -0.649. The van der Waals surface area contributed by atoms with Gasteiger partial charge in [-0.05, 0) is 43.0 Å². The lowest BCUT2D eigenvalue weighted by Crippen LogP contribution is -2.38. The SMILES string of the molecule is CCOC(=O)c1ccc2c(SC(=O)N3CCOCC3)cccn2c1=O. The van der Waals surface area contributed by atoms with Gasteiger partial charge in [-0.3, -0.25) is 14.0 Å². The first-order chi connectivity index (χ1) is 12.1. The number of carbonyl (C=O) groups is 2. The molecule has 132 valence electrons. The van der Waals surface area contributed by atoms with Crippen LogP contribution in [0, 0.1) is 0 Å². The summed E-state index contributed by atoms with van der Waals surface area (Å²) in [5.41, 5.74) is 0.0883. The van der Waals surface area contributed by atoms with Crippen molar-refractivity contribution in [3.05, 3.63) is 46.4 Å². The summed E-state index contributed by atoms with van der Waals surface area (Å²) in [5, 5.41) is -0.0849. The molecule has 1 aliphatic rings. The van der Waals surface area contributed by atoms with Gasteiger partial charge in [-0.25, -0.2) is 4.79 Å². The summed E-state index contributed by atoms with van der Waals surface area (Å²) < 4.78 is 11.5. The minimum absolute atomic E-state index is 0.0268. The standard InChI is InChI=1S/C17H18N2O5S/c1-2-24-16(21)12-5-6-13-14(4-3-7-19(13)15(12)20)25-17(22)18-8-10-23-11-9-18/h3-7H,2,8-11H2,1H3. The van der Waals surface area contributed by atoms with Gasteiger partial charge in [0.25, 0.3) is 10.8 Å². The highest BCUT2D eigenvalue weighted by molar-refractivity contribution is 8.13. The van der Waals surface area contributed by atoms with E-state index in [0.717, 1.165) is 11.8 Å². The lowest BCUT2D eigenvalue weighted by Gasteiger charge is -2.26. The smallest absolute Gasteiger partial charge is 0.343 e. The Hall–Kier alpha value is -2.32. The normalized spacial score (nSPS) is 14.5. The van der Waals surface area contributed by atoms with Crippen molar-refractivity contribution in [2.45, 2.75) is 11.8 Å². The second-order valence-electron chi connectivity index (χ2n) is 5.37. The number of esters is 1. The lowest BCUT2D eigenvalue weighted by molar-refractivity contribution is 0.0524. The third-order valence-corrected chi connectivity index (χ3v) is 4.81. The van der Waals surface area contributed by atoms with Crippen LogP contribution in [0.2, 0.25) is 0 Å². The van der Waals surface area contributed by atoms with Gasteiger partial charge in [-0.1, -0.05) is 0 Å². The third-order valence-electron chi connectivity index (χ3n) is 3.81. The maximum absolute atomic E-state index is 12.5. The van der Waals surface area contributed by atoms with Gasteiger partial charge in [0.2, 0.25) is 0 Å². The Morgan fingerprint density at radius 1 is 1.24 bits per heavy atom. The molecule has 1 amide bonds. The molecule has 0 saturated carbocycles. The van der Waals surface area contributed by atoms with Crippen molar-refractivity contribution in [3.63, 3.8) is 0 Å². The van der Waals surface area contributed by atoms with Gasteiger partial charge in [0.1, 0.15) is 5.56 Å². The predicted octanol–water partition coefficient (Wildman–Crippen LogP) is 2.02. The topological polar surface area (TPSA) is 77.3 Å². The number of nitrogens with zero attached hydrogens (tertiary/aromatic N) is 2. The molecule has 3 heterocycles. The van der Waals surface area contributed by atoms with E-state index >= 15 is 0 Å². The van der Waals surface area contributed by atoms with Crippen LogP contribution in [-0.2, 0) is 9.47 Å². The summed E-state index contributed by atoms with van der Waals surface area (Å²) in [7, 11) is 0. The summed E-state index contributed by atoms with van der Waals surface area (Å²) in [6.07, 6.45) is 1.57. The zero-order chi connectivity index (χ0) is 17.8. The van der Waals surface area contributed by atoms with Crippen molar-refractivity contribution in [2.24, 2.45) is 0 Å². The maximum atomic E-state index is 12.5. The molecule has 3 rings (SSSR count). The van der Waals surface area contributed by atoms with Crippen LogP contribution in [0.4, 0.5) is 4.79 Å². The Morgan fingerprint density at radius 3 is 2.72 bits per heavy atom.